The molecule has 2 nitrogen and oxygen atoms in total. The summed E-state index contributed by atoms with van der Waals surface area (Å²) in [4.78, 5) is 13.5. The van der Waals surface area contributed by atoms with Gasteiger partial charge in [0.25, 0.3) is 0 Å². The summed E-state index contributed by atoms with van der Waals surface area (Å²) in [6.07, 6.45) is 4.91. The molecule has 3 heteroatoms. The highest BCUT2D eigenvalue weighted by atomic mass is 32.3. The first-order valence-electron chi connectivity index (χ1n) is 14.7. The number of rotatable bonds is 2. The van der Waals surface area contributed by atoms with Crippen molar-refractivity contribution in [1.29, 1.82) is 0 Å². The summed E-state index contributed by atoms with van der Waals surface area (Å²) in [6, 6.07) is 48.1. The van der Waals surface area contributed by atoms with Crippen molar-refractivity contribution in [3.63, 3.8) is 0 Å². The normalized spacial score (nSPS) is 14.3. The number of benzene rings is 6. The van der Waals surface area contributed by atoms with E-state index >= 15 is 0 Å². The molecule has 1 aliphatic rings. The molecule has 0 unspecified atom stereocenters. The lowest BCUT2D eigenvalue weighted by molar-refractivity contribution is 1.40. The lowest BCUT2D eigenvalue weighted by Gasteiger charge is -2.31. The maximum absolute atomic E-state index is 5.31. The molecule has 0 radical (unpaired) electrons. The highest BCUT2D eigenvalue weighted by molar-refractivity contribution is 8.33. The van der Waals surface area contributed by atoms with E-state index in [0.717, 1.165) is 33.2 Å². The number of fused-ring (bicyclic) bond motifs is 8. The molecular weight excluding hydrogens is 541 g/mol. The van der Waals surface area contributed by atoms with Crippen molar-refractivity contribution >= 4 is 53.4 Å². The van der Waals surface area contributed by atoms with Crippen molar-refractivity contribution in [1.82, 2.24) is 9.97 Å². The molecule has 0 amide bonds. The number of para-hydroxylation sites is 2. The van der Waals surface area contributed by atoms with Crippen LogP contribution in [0.1, 0.15) is 0 Å². The first-order valence-corrected chi connectivity index (χ1v) is 17.1. The van der Waals surface area contributed by atoms with E-state index in [-0.39, 0.29) is 0 Å². The molecule has 0 bridgehead atoms. The molecule has 0 atom stereocenters. The zero-order chi connectivity index (χ0) is 28.7. The third-order valence-corrected chi connectivity index (χ3v) is 12.0. The Morgan fingerprint density at radius 1 is 0.442 bits per heavy atom. The molecule has 0 aliphatic carbocycles. The maximum atomic E-state index is 5.31. The van der Waals surface area contributed by atoms with Crippen molar-refractivity contribution in [3.8, 4) is 33.6 Å². The fourth-order valence-corrected chi connectivity index (χ4v) is 9.99. The third kappa shape index (κ3) is 3.49. The van der Waals surface area contributed by atoms with Gasteiger partial charge in [-0.3, -0.25) is 0 Å². The summed E-state index contributed by atoms with van der Waals surface area (Å²) in [5, 5.41) is 7.26. The first-order chi connectivity index (χ1) is 21.1. The van der Waals surface area contributed by atoms with Crippen LogP contribution in [0.15, 0.2) is 143 Å². The minimum absolute atomic E-state index is 1.00. The molecule has 8 aromatic rings. The fourth-order valence-electron chi connectivity index (χ4n) is 7.18. The van der Waals surface area contributed by atoms with Gasteiger partial charge in [-0.1, -0.05) is 103 Å². The fraction of sp³-hybridized carbons (Fsp3) is 0.0500. The van der Waals surface area contributed by atoms with Gasteiger partial charge in [-0.05, 0) is 70.1 Å². The monoisotopic (exact) mass is 568 g/mol. The molecule has 1 aliphatic heterocycles. The third-order valence-electron chi connectivity index (χ3n) is 9.09. The van der Waals surface area contributed by atoms with Gasteiger partial charge in [0, 0.05) is 37.1 Å². The van der Waals surface area contributed by atoms with Gasteiger partial charge in [0.1, 0.15) is 0 Å². The van der Waals surface area contributed by atoms with Crippen LogP contribution in [0, 0.1) is 0 Å². The SMILES string of the molecule is CS1(C)c2ccccc2-c2ccc3c(-c4ccc5ccccc5n4)c4ccccc4c(-c4ccc5ccccc5n4)c3c21. The molecule has 0 spiro atoms. The van der Waals surface area contributed by atoms with Gasteiger partial charge < -0.3 is 0 Å². The van der Waals surface area contributed by atoms with Gasteiger partial charge in [-0.15, -0.1) is 0 Å². The molecule has 3 heterocycles. The average molecular weight is 569 g/mol. The predicted molar refractivity (Wildman–Crippen MR) is 184 cm³/mol. The van der Waals surface area contributed by atoms with Gasteiger partial charge in [-0.2, -0.15) is 10.0 Å². The van der Waals surface area contributed by atoms with Crippen LogP contribution < -0.4 is 0 Å². The Kier molecular flexibility index (Phi) is 5.15. The molecule has 6 aromatic carbocycles. The van der Waals surface area contributed by atoms with E-state index in [9.17, 15) is 0 Å². The molecule has 9 rings (SSSR count). The van der Waals surface area contributed by atoms with Crippen molar-refractivity contribution in [3.05, 3.63) is 133 Å². The molecule has 43 heavy (non-hydrogen) atoms. The van der Waals surface area contributed by atoms with Gasteiger partial charge in [-0.25, -0.2) is 9.97 Å². The van der Waals surface area contributed by atoms with Gasteiger partial charge in [0.15, 0.2) is 0 Å². The van der Waals surface area contributed by atoms with E-state index in [0.29, 0.717) is 0 Å². The van der Waals surface area contributed by atoms with Crippen LogP contribution in [0.5, 0.6) is 0 Å². The summed E-state index contributed by atoms with van der Waals surface area (Å²) in [7, 11) is -1.31. The Morgan fingerprint density at radius 2 is 1.00 bits per heavy atom. The summed E-state index contributed by atoms with van der Waals surface area (Å²) >= 11 is 0. The zero-order valence-corrected chi connectivity index (χ0v) is 24.8. The van der Waals surface area contributed by atoms with Crippen LogP contribution in [-0.4, -0.2) is 22.5 Å². The number of pyridine rings is 2. The second-order valence-electron chi connectivity index (χ2n) is 11.8. The Hall–Kier alpha value is -4.99. The summed E-state index contributed by atoms with van der Waals surface area (Å²) in [5.41, 5.74) is 9.14. The maximum Gasteiger partial charge on any atom is 0.0722 e. The van der Waals surface area contributed by atoms with Crippen LogP contribution in [0.2, 0.25) is 0 Å². The lowest BCUT2D eigenvalue weighted by Crippen LogP contribution is -1.99. The van der Waals surface area contributed by atoms with E-state index in [4.69, 9.17) is 9.97 Å². The topological polar surface area (TPSA) is 25.8 Å². The Labute approximate surface area is 252 Å². The molecule has 0 fully saturated rings. The van der Waals surface area contributed by atoms with Crippen molar-refractivity contribution in [2.24, 2.45) is 0 Å². The zero-order valence-electron chi connectivity index (χ0n) is 24.0. The van der Waals surface area contributed by atoms with E-state index in [1.54, 1.807) is 0 Å². The minimum Gasteiger partial charge on any atom is -0.248 e. The minimum atomic E-state index is -1.31. The molecule has 204 valence electrons. The summed E-state index contributed by atoms with van der Waals surface area (Å²) in [6.45, 7) is 0. The highest BCUT2D eigenvalue weighted by Crippen LogP contribution is 2.70. The van der Waals surface area contributed by atoms with Crippen LogP contribution >= 0.6 is 10.0 Å². The Balaban J connectivity index is 1.50. The molecule has 0 saturated heterocycles. The van der Waals surface area contributed by atoms with E-state index in [1.807, 2.05) is 0 Å². The van der Waals surface area contributed by atoms with Crippen LogP contribution in [0.3, 0.4) is 0 Å². The first kappa shape index (κ1) is 24.6. The van der Waals surface area contributed by atoms with Crippen LogP contribution in [0.25, 0.3) is 77.0 Å². The van der Waals surface area contributed by atoms with Gasteiger partial charge in [0.2, 0.25) is 0 Å². The molecule has 0 saturated carbocycles. The Bertz CT molecular complexity index is 2440. The van der Waals surface area contributed by atoms with Crippen LogP contribution in [0.4, 0.5) is 0 Å². The van der Waals surface area contributed by atoms with E-state index in [2.05, 4.69) is 146 Å². The van der Waals surface area contributed by atoms with Crippen molar-refractivity contribution in [2.75, 3.05) is 12.5 Å². The summed E-state index contributed by atoms with van der Waals surface area (Å²) in [5.74, 6) is 0. The number of hydrogen-bond donors (Lipinski definition) is 0. The van der Waals surface area contributed by atoms with E-state index in [1.165, 1.54) is 53.6 Å². The van der Waals surface area contributed by atoms with Gasteiger partial charge in [0.05, 0.1) is 22.4 Å². The second-order valence-corrected chi connectivity index (χ2v) is 15.3. The Morgan fingerprint density at radius 3 is 1.70 bits per heavy atom. The van der Waals surface area contributed by atoms with Crippen LogP contribution in [-0.2, 0) is 0 Å². The lowest BCUT2D eigenvalue weighted by atomic mass is 9.87. The molecule has 2 aromatic heterocycles. The smallest absolute Gasteiger partial charge is 0.0722 e. The number of aromatic nitrogens is 2. The van der Waals surface area contributed by atoms with Crippen molar-refractivity contribution in [2.45, 2.75) is 9.79 Å². The standard InChI is InChI=1S/C40H28N2S/c1-43(2)36-18-10-7-13-27(36)30-21-22-31-37(34-23-19-25-11-3-8-16-32(25)41-34)28-14-5-6-15-29(28)38(39(31)40(30)43)35-24-20-26-12-4-9-17-33(26)42-35/h3-24H,1-2H3. The number of nitrogens with zero attached hydrogens (tertiary/aromatic N) is 2. The molecule has 0 N–H and O–H groups in total. The average Bonchev–Trinajstić information content (AvgIpc) is 3.29. The largest absolute Gasteiger partial charge is 0.248 e. The number of hydrogen-bond acceptors (Lipinski definition) is 2. The quantitative estimate of drug-likeness (QED) is 0.194. The summed E-state index contributed by atoms with van der Waals surface area (Å²) < 4.78 is 0. The van der Waals surface area contributed by atoms with Gasteiger partial charge >= 0.3 is 0 Å². The second kappa shape index (κ2) is 9.00. The highest BCUT2D eigenvalue weighted by Gasteiger charge is 2.35. The predicted octanol–water partition coefficient (Wildman–Crippen LogP) is 10.9. The van der Waals surface area contributed by atoms with Crippen molar-refractivity contribution < 1.29 is 0 Å². The van der Waals surface area contributed by atoms with E-state index < -0.39 is 10.0 Å². The molecular formula is C40H28N2S.